The Bertz CT molecular complexity index is 518. The van der Waals surface area contributed by atoms with E-state index in [2.05, 4.69) is 11.2 Å². The molecule has 3 nitrogen and oxygen atoms in total. The number of aliphatic hydroxyl groups is 1. The van der Waals surface area contributed by atoms with E-state index < -0.39 is 6.10 Å². The number of fused-ring (bicyclic) bond motifs is 1. The van der Waals surface area contributed by atoms with Crippen molar-refractivity contribution in [3.63, 3.8) is 0 Å². The Kier molecular flexibility index (Phi) is 2.07. The molecule has 3 rings (SSSR count). The predicted molar refractivity (Wildman–Crippen MR) is 61.1 cm³/mol. The van der Waals surface area contributed by atoms with Gasteiger partial charge in [-0.05, 0) is 30.0 Å². The lowest BCUT2D eigenvalue weighted by molar-refractivity contribution is 0.121. The molecule has 1 aromatic heterocycles. The molecule has 1 aromatic carbocycles. The fourth-order valence-corrected chi connectivity index (χ4v) is 2.41. The van der Waals surface area contributed by atoms with Gasteiger partial charge in [0.25, 0.3) is 0 Å². The molecule has 0 saturated heterocycles. The SMILES string of the molecule is Cc1cnn(C2Cc3ccccc3C2O)c1. The lowest BCUT2D eigenvalue weighted by Gasteiger charge is -2.15. The Balaban J connectivity index is 1.98. The minimum Gasteiger partial charge on any atom is -0.386 e. The van der Waals surface area contributed by atoms with Crippen LogP contribution in [0.5, 0.6) is 0 Å². The van der Waals surface area contributed by atoms with Crippen molar-refractivity contribution in [1.82, 2.24) is 9.78 Å². The summed E-state index contributed by atoms with van der Waals surface area (Å²) in [5, 5.41) is 14.5. The second kappa shape index (κ2) is 3.46. The minimum atomic E-state index is -0.435. The minimum absolute atomic E-state index is 0.0473. The Morgan fingerprint density at radius 3 is 2.88 bits per heavy atom. The monoisotopic (exact) mass is 214 g/mol. The molecule has 1 aliphatic rings. The highest BCUT2D eigenvalue weighted by molar-refractivity contribution is 5.35. The molecule has 2 unspecified atom stereocenters. The van der Waals surface area contributed by atoms with E-state index in [1.54, 1.807) is 0 Å². The van der Waals surface area contributed by atoms with E-state index in [4.69, 9.17) is 0 Å². The van der Waals surface area contributed by atoms with Crippen molar-refractivity contribution in [2.24, 2.45) is 0 Å². The summed E-state index contributed by atoms with van der Waals surface area (Å²) in [7, 11) is 0. The highest BCUT2D eigenvalue weighted by atomic mass is 16.3. The van der Waals surface area contributed by atoms with Crippen molar-refractivity contribution in [1.29, 1.82) is 0 Å². The molecule has 0 saturated carbocycles. The molecule has 0 spiro atoms. The lowest BCUT2D eigenvalue weighted by atomic mass is 10.1. The van der Waals surface area contributed by atoms with Crippen molar-refractivity contribution < 1.29 is 5.11 Å². The molecule has 0 bridgehead atoms. The first kappa shape index (κ1) is 9.60. The zero-order valence-electron chi connectivity index (χ0n) is 9.17. The first-order valence-electron chi connectivity index (χ1n) is 5.52. The highest BCUT2D eigenvalue weighted by Crippen LogP contribution is 2.38. The molecule has 0 aliphatic heterocycles. The van der Waals surface area contributed by atoms with Crippen LogP contribution in [0.2, 0.25) is 0 Å². The Morgan fingerprint density at radius 2 is 2.19 bits per heavy atom. The first-order valence-corrected chi connectivity index (χ1v) is 5.52. The van der Waals surface area contributed by atoms with Gasteiger partial charge in [0.15, 0.2) is 0 Å². The summed E-state index contributed by atoms with van der Waals surface area (Å²) < 4.78 is 1.88. The van der Waals surface area contributed by atoms with Gasteiger partial charge in [0.1, 0.15) is 6.10 Å². The van der Waals surface area contributed by atoms with Gasteiger partial charge < -0.3 is 5.11 Å². The van der Waals surface area contributed by atoms with E-state index in [-0.39, 0.29) is 6.04 Å². The molecular formula is C13H14N2O. The average Bonchev–Trinajstić information content (AvgIpc) is 2.84. The molecule has 0 fully saturated rings. The predicted octanol–water partition coefficient (Wildman–Crippen LogP) is 2.02. The summed E-state index contributed by atoms with van der Waals surface area (Å²) in [6, 6.07) is 8.11. The largest absolute Gasteiger partial charge is 0.386 e. The Morgan fingerprint density at radius 1 is 1.38 bits per heavy atom. The highest BCUT2D eigenvalue weighted by Gasteiger charge is 2.32. The van der Waals surface area contributed by atoms with Gasteiger partial charge in [0.2, 0.25) is 0 Å². The fourth-order valence-electron chi connectivity index (χ4n) is 2.41. The van der Waals surface area contributed by atoms with Crippen molar-refractivity contribution in [3.05, 3.63) is 53.3 Å². The summed E-state index contributed by atoms with van der Waals surface area (Å²) in [4.78, 5) is 0. The van der Waals surface area contributed by atoms with Gasteiger partial charge in [-0.1, -0.05) is 24.3 Å². The van der Waals surface area contributed by atoms with Crippen LogP contribution in [0, 0.1) is 6.92 Å². The van der Waals surface area contributed by atoms with Crippen LogP contribution in [0.3, 0.4) is 0 Å². The van der Waals surface area contributed by atoms with Crippen molar-refractivity contribution in [2.75, 3.05) is 0 Å². The molecule has 0 radical (unpaired) electrons. The van der Waals surface area contributed by atoms with Crippen molar-refractivity contribution in [2.45, 2.75) is 25.5 Å². The standard InChI is InChI=1S/C13H14N2O/c1-9-7-14-15(8-9)12-6-10-4-2-3-5-11(10)13(12)16/h2-5,7-8,12-13,16H,6H2,1H3. The number of hydrogen-bond donors (Lipinski definition) is 1. The van der Waals surface area contributed by atoms with Crippen LogP contribution in [0.15, 0.2) is 36.7 Å². The lowest BCUT2D eigenvalue weighted by Crippen LogP contribution is -2.14. The van der Waals surface area contributed by atoms with E-state index in [9.17, 15) is 5.11 Å². The number of aryl methyl sites for hydroxylation is 1. The van der Waals surface area contributed by atoms with E-state index in [0.29, 0.717) is 0 Å². The zero-order chi connectivity index (χ0) is 11.1. The summed E-state index contributed by atoms with van der Waals surface area (Å²) in [6.07, 6.45) is 4.24. The third-order valence-electron chi connectivity index (χ3n) is 3.24. The number of benzene rings is 1. The van der Waals surface area contributed by atoms with Gasteiger partial charge in [0, 0.05) is 6.20 Å². The van der Waals surface area contributed by atoms with Gasteiger partial charge >= 0.3 is 0 Å². The average molecular weight is 214 g/mol. The molecule has 1 N–H and O–H groups in total. The van der Waals surface area contributed by atoms with Gasteiger partial charge in [-0.2, -0.15) is 5.10 Å². The van der Waals surface area contributed by atoms with Crippen LogP contribution in [0.1, 0.15) is 28.8 Å². The summed E-state index contributed by atoms with van der Waals surface area (Å²) in [6.45, 7) is 2.01. The Labute approximate surface area is 94.3 Å². The zero-order valence-corrected chi connectivity index (χ0v) is 9.17. The molecule has 0 amide bonds. The number of rotatable bonds is 1. The fraction of sp³-hybridized carbons (Fsp3) is 0.308. The molecule has 3 heteroatoms. The second-order valence-corrected chi connectivity index (χ2v) is 4.41. The second-order valence-electron chi connectivity index (χ2n) is 4.41. The molecule has 2 atom stereocenters. The summed E-state index contributed by atoms with van der Waals surface area (Å²) >= 11 is 0. The number of hydrogen-bond acceptors (Lipinski definition) is 2. The topological polar surface area (TPSA) is 38.0 Å². The van der Waals surface area contributed by atoms with Gasteiger partial charge in [-0.3, -0.25) is 4.68 Å². The first-order chi connectivity index (χ1) is 7.75. The number of aliphatic hydroxyl groups excluding tert-OH is 1. The molecular weight excluding hydrogens is 200 g/mol. The van der Waals surface area contributed by atoms with E-state index in [1.807, 2.05) is 42.2 Å². The van der Waals surface area contributed by atoms with Crippen LogP contribution in [0.4, 0.5) is 0 Å². The molecule has 2 aromatic rings. The van der Waals surface area contributed by atoms with Gasteiger partial charge in [-0.15, -0.1) is 0 Å². The molecule has 1 heterocycles. The van der Waals surface area contributed by atoms with Crippen LogP contribution in [-0.2, 0) is 6.42 Å². The van der Waals surface area contributed by atoms with Crippen LogP contribution in [-0.4, -0.2) is 14.9 Å². The maximum Gasteiger partial charge on any atom is 0.102 e. The van der Waals surface area contributed by atoms with E-state index in [1.165, 1.54) is 5.56 Å². The Hall–Kier alpha value is -1.61. The smallest absolute Gasteiger partial charge is 0.102 e. The van der Waals surface area contributed by atoms with Gasteiger partial charge in [-0.25, -0.2) is 0 Å². The normalized spacial score (nSPS) is 23.4. The van der Waals surface area contributed by atoms with E-state index >= 15 is 0 Å². The van der Waals surface area contributed by atoms with Crippen molar-refractivity contribution >= 4 is 0 Å². The maximum absolute atomic E-state index is 10.2. The third kappa shape index (κ3) is 1.36. The summed E-state index contributed by atoms with van der Waals surface area (Å²) in [5.41, 5.74) is 3.40. The van der Waals surface area contributed by atoms with Gasteiger partial charge in [0.05, 0.1) is 12.2 Å². The quantitative estimate of drug-likeness (QED) is 0.788. The third-order valence-corrected chi connectivity index (χ3v) is 3.24. The summed E-state index contributed by atoms with van der Waals surface area (Å²) in [5.74, 6) is 0. The van der Waals surface area contributed by atoms with Crippen molar-refractivity contribution in [3.8, 4) is 0 Å². The van der Waals surface area contributed by atoms with Crippen LogP contribution < -0.4 is 0 Å². The van der Waals surface area contributed by atoms with Crippen LogP contribution >= 0.6 is 0 Å². The number of aromatic nitrogens is 2. The maximum atomic E-state index is 10.2. The molecule has 1 aliphatic carbocycles. The van der Waals surface area contributed by atoms with E-state index in [0.717, 1.165) is 17.5 Å². The molecule has 16 heavy (non-hydrogen) atoms. The number of nitrogens with zero attached hydrogens (tertiary/aromatic N) is 2. The molecule has 82 valence electrons. The van der Waals surface area contributed by atoms with Crippen LogP contribution in [0.25, 0.3) is 0 Å².